The van der Waals surface area contributed by atoms with Crippen molar-refractivity contribution in [2.24, 2.45) is 5.92 Å². The van der Waals surface area contributed by atoms with Crippen LogP contribution in [0.5, 0.6) is 0 Å². The van der Waals surface area contributed by atoms with Crippen molar-refractivity contribution in [1.82, 2.24) is 9.80 Å². The second-order valence-corrected chi connectivity index (χ2v) is 5.68. The molecule has 1 saturated heterocycles. The van der Waals surface area contributed by atoms with E-state index in [1.54, 1.807) is 6.92 Å². The van der Waals surface area contributed by atoms with E-state index in [0.29, 0.717) is 32.7 Å². The Hall–Kier alpha value is -0.330. The number of aliphatic hydroxyl groups is 1. The highest BCUT2D eigenvalue weighted by atomic mass is 19.4. The molecule has 1 heterocycles. The molecule has 1 fully saturated rings. The summed E-state index contributed by atoms with van der Waals surface area (Å²) in [6, 6.07) is 0. The Bertz CT molecular complexity index is 259. The quantitative estimate of drug-likeness (QED) is 0.838. The van der Waals surface area contributed by atoms with Crippen molar-refractivity contribution in [1.29, 1.82) is 0 Å². The Kier molecular flexibility index (Phi) is 5.03. The maximum Gasteiger partial charge on any atom is 0.401 e. The highest BCUT2D eigenvalue weighted by Gasteiger charge is 2.34. The van der Waals surface area contributed by atoms with Crippen LogP contribution in [-0.4, -0.2) is 66.0 Å². The van der Waals surface area contributed by atoms with Crippen LogP contribution < -0.4 is 0 Å². The highest BCUT2D eigenvalue weighted by Crippen LogP contribution is 2.20. The van der Waals surface area contributed by atoms with E-state index in [4.69, 9.17) is 0 Å². The third kappa shape index (κ3) is 5.12. The van der Waals surface area contributed by atoms with Crippen LogP contribution >= 0.6 is 0 Å². The average molecular weight is 268 g/mol. The average Bonchev–Trinajstić information content (AvgIpc) is 2.18. The Labute approximate surface area is 107 Å². The molecule has 0 amide bonds. The maximum atomic E-state index is 12.2. The Morgan fingerprint density at radius 1 is 1.00 bits per heavy atom. The van der Waals surface area contributed by atoms with Crippen molar-refractivity contribution in [2.45, 2.75) is 32.5 Å². The van der Waals surface area contributed by atoms with Gasteiger partial charge in [-0.05, 0) is 12.8 Å². The van der Waals surface area contributed by atoms with E-state index in [-0.39, 0.29) is 5.92 Å². The minimum absolute atomic E-state index is 0.130. The minimum Gasteiger partial charge on any atom is -0.389 e. The van der Waals surface area contributed by atoms with E-state index in [9.17, 15) is 18.3 Å². The van der Waals surface area contributed by atoms with Gasteiger partial charge in [-0.3, -0.25) is 9.80 Å². The number of rotatable bonds is 4. The zero-order valence-electron chi connectivity index (χ0n) is 11.3. The highest BCUT2D eigenvalue weighted by molar-refractivity contribution is 4.83. The summed E-state index contributed by atoms with van der Waals surface area (Å²) >= 11 is 0. The van der Waals surface area contributed by atoms with Crippen LogP contribution in [0.3, 0.4) is 0 Å². The molecule has 108 valence electrons. The van der Waals surface area contributed by atoms with Crippen LogP contribution in [0.1, 0.15) is 20.8 Å². The lowest BCUT2D eigenvalue weighted by Gasteiger charge is -2.39. The topological polar surface area (TPSA) is 26.7 Å². The first-order valence-corrected chi connectivity index (χ1v) is 6.34. The number of piperazine rings is 1. The van der Waals surface area contributed by atoms with Gasteiger partial charge in [-0.1, -0.05) is 13.8 Å². The normalized spacial score (nSPS) is 23.3. The number of hydrogen-bond acceptors (Lipinski definition) is 3. The molecule has 0 aromatic carbocycles. The van der Waals surface area contributed by atoms with Crippen molar-refractivity contribution < 1.29 is 18.3 Å². The molecule has 0 radical (unpaired) electrons. The first-order chi connectivity index (χ1) is 8.10. The SMILES string of the molecule is CC(C)C(C)(O)CN1CCN(CC(F)(F)F)CC1. The molecule has 1 rings (SSSR count). The first-order valence-electron chi connectivity index (χ1n) is 6.34. The Morgan fingerprint density at radius 2 is 1.39 bits per heavy atom. The fourth-order valence-corrected chi connectivity index (χ4v) is 1.99. The second-order valence-electron chi connectivity index (χ2n) is 5.68. The largest absolute Gasteiger partial charge is 0.401 e. The number of halogens is 3. The van der Waals surface area contributed by atoms with Crippen molar-refractivity contribution in [2.75, 3.05) is 39.3 Å². The summed E-state index contributed by atoms with van der Waals surface area (Å²) < 4.78 is 36.7. The van der Waals surface area contributed by atoms with Gasteiger partial charge in [-0.15, -0.1) is 0 Å². The smallest absolute Gasteiger partial charge is 0.389 e. The Morgan fingerprint density at radius 3 is 1.72 bits per heavy atom. The van der Waals surface area contributed by atoms with Crippen molar-refractivity contribution in [3.63, 3.8) is 0 Å². The van der Waals surface area contributed by atoms with E-state index in [2.05, 4.69) is 0 Å². The van der Waals surface area contributed by atoms with Gasteiger partial charge in [0.1, 0.15) is 0 Å². The van der Waals surface area contributed by atoms with Crippen LogP contribution in [0, 0.1) is 5.92 Å². The van der Waals surface area contributed by atoms with Gasteiger partial charge in [0.2, 0.25) is 0 Å². The molecule has 1 N–H and O–H groups in total. The molecular weight excluding hydrogens is 245 g/mol. The van der Waals surface area contributed by atoms with Gasteiger partial charge in [0.15, 0.2) is 0 Å². The molecule has 18 heavy (non-hydrogen) atoms. The van der Waals surface area contributed by atoms with Crippen LogP contribution in [0.4, 0.5) is 13.2 Å². The van der Waals surface area contributed by atoms with E-state index < -0.39 is 18.3 Å². The Balaban J connectivity index is 2.36. The molecule has 1 unspecified atom stereocenters. The van der Waals surface area contributed by atoms with Gasteiger partial charge < -0.3 is 5.11 Å². The summed E-state index contributed by atoms with van der Waals surface area (Å²) in [4.78, 5) is 3.45. The number of β-amino-alcohol motifs (C(OH)–C–C–N with tert-alkyl or cyclic N) is 1. The zero-order chi connectivity index (χ0) is 14.0. The molecule has 1 aliphatic rings. The predicted molar refractivity (Wildman–Crippen MR) is 64.4 cm³/mol. The summed E-state index contributed by atoms with van der Waals surface area (Å²) in [6.07, 6.45) is -4.12. The molecule has 0 spiro atoms. The molecular formula is C12H23F3N2O. The maximum absolute atomic E-state index is 12.2. The second kappa shape index (κ2) is 5.75. The molecule has 6 heteroatoms. The fourth-order valence-electron chi connectivity index (χ4n) is 1.99. The van der Waals surface area contributed by atoms with Gasteiger partial charge >= 0.3 is 6.18 Å². The predicted octanol–water partition coefficient (Wildman–Crippen LogP) is 1.57. The van der Waals surface area contributed by atoms with E-state index in [1.807, 2.05) is 18.7 Å². The fraction of sp³-hybridized carbons (Fsp3) is 1.00. The van der Waals surface area contributed by atoms with Crippen LogP contribution in [0.2, 0.25) is 0 Å². The summed E-state index contributed by atoms with van der Waals surface area (Å²) in [7, 11) is 0. The number of hydrogen-bond donors (Lipinski definition) is 1. The summed E-state index contributed by atoms with van der Waals surface area (Å²) in [5.41, 5.74) is -0.786. The molecule has 0 aliphatic carbocycles. The summed E-state index contributed by atoms with van der Waals surface area (Å²) in [6.45, 7) is 7.34. The summed E-state index contributed by atoms with van der Waals surface area (Å²) in [5, 5.41) is 10.2. The molecule has 1 aliphatic heterocycles. The number of alkyl halides is 3. The molecule has 1 atom stereocenters. The van der Waals surface area contributed by atoms with Crippen LogP contribution in [-0.2, 0) is 0 Å². The van der Waals surface area contributed by atoms with Gasteiger partial charge in [-0.25, -0.2) is 0 Å². The zero-order valence-corrected chi connectivity index (χ0v) is 11.3. The van der Waals surface area contributed by atoms with E-state index >= 15 is 0 Å². The lowest BCUT2D eigenvalue weighted by atomic mass is 9.92. The lowest BCUT2D eigenvalue weighted by molar-refractivity contribution is -0.150. The molecule has 0 aromatic heterocycles. The van der Waals surface area contributed by atoms with Gasteiger partial charge in [0.25, 0.3) is 0 Å². The van der Waals surface area contributed by atoms with E-state index in [1.165, 1.54) is 4.90 Å². The molecule has 3 nitrogen and oxygen atoms in total. The first kappa shape index (κ1) is 15.7. The lowest BCUT2D eigenvalue weighted by Crippen LogP contribution is -2.53. The van der Waals surface area contributed by atoms with Crippen molar-refractivity contribution in [3.8, 4) is 0 Å². The van der Waals surface area contributed by atoms with Gasteiger partial charge in [0.05, 0.1) is 12.1 Å². The standard InChI is InChI=1S/C12H23F3N2O/c1-10(2)11(3,18)8-16-4-6-17(7-5-16)9-12(13,14)15/h10,18H,4-9H2,1-3H3. The third-order valence-electron chi connectivity index (χ3n) is 3.66. The monoisotopic (exact) mass is 268 g/mol. The van der Waals surface area contributed by atoms with Gasteiger partial charge in [0, 0.05) is 32.7 Å². The van der Waals surface area contributed by atoms with Crippen LogP contribution in [0.25, 0.3) is 0 Å². The van der Waals surface area contributed by atoms with E-state index in [0.717, 1.165) is 0 Å². The summed E-state index contributed by atoms with van der Waals surface area (Å²) in [5.74, 6) is 0.130. The third-order valence-corrected chi connectivity index (χ3v) is 3.66. The molecule has 0 aromatic rings. The van der Waals surface area contributed by atoms with Gasteiger partial charge in [-0.2, -0.15) is 13.2 Å². The minimum atomic E-state index is -4.12. The molecule has 0 bridgehead atoms. The van der Waals surface area contributed by atoms with Crippen LogP contribution in [0.15, 0.2) is 0 Å². The van der Waals surface area contributed by atoms with Crippen molar-refractivity contribution >= 4 is 0 Å². The molecule has 0 saturated carbocycles. The number of nitrogens with zero attached hydrogens (tertiary/aromatic N) is 2. The van der Waals surface area contributed by atoms with Crippen molar-refractivity contribution in [3.05, 3.63) is 0 Å².